The van der Waals surface area contributed by atoms with E-state index in [9.17, 15) is 18.0 Å². The minimum absolute atomic E-state index is 0.308. The van der Waals surface area contributed by atoms with E-state index in [1.54, 1.807) is 11.4 Å². The molecular weight excluding hydrogens is 315 g/mol. The number of benzene rings is 1. The van der Waals surface area contributed by atoms with Gasteiger partial charge in [-0.2, -0.15) is 13.2 Å². The van der Waals surface area contributed by atoms with Gasteiger partial charge in [0.15, 0.2) is 5.13 Å². The highest BCUT2D eigenvalue weighted by atomic mass is 32.1. The van der Waals surface area contributed by atoms with Gasteiger partial charge < -0.3 is 11.1 Å². The lowest BCUT2D eigenvalue weighted by Crippen LogP contribution is -2.37. The molecule has 0 spiro atoms. The quantitative estimate of drug-likeness (QED) is 0.909. The summed E-state index contributed by atoms with van der Waals surface area (Å²) in [6.07, 6.45) is -3.14. The van der Waals surface area contributed by atoms with Crippen molar-refractivity contribution in [1.82, 2.24) is 4.98 Å². The summed E-state index contributed by atoms with van der Waals surface area (Å²) in [5, 5.41) is 4.53. The van der Waals surface area contributed by atoms with E-state index in [4.69, 9.17) is 5.73 Å². The Morgan fingerprint density at radius 3 is 2.73 bits per heavy atom. The van der Waals surface area contributed by atoms with Crippen molar-refractivity contribution in [3.63, 3.8) is 0 Å². The monoisotopic (exact) mass is 327 g/mol. The van der Waals surface area contributed by atoms with Crippen molar-refractivity contribution in [2.45, 2.75) is 24.6 Å². The first-order valence-electron chi connectivity index (χ1n) is 6.51. The topological polar surface area (TPSA) is 68.0 Å². The molecule has 0 aliphatic heterocycles. The number of amides is 1. The molecule has 1 aliphatic carbocycles. The molecule has 1 fully saturated rings. The Morgan fingerprint density at radius 1 is 1.36 bits per heavy atom. The van der Waals surface area contributed by atoms with Gasteiger partial charge in [0, 0.05) is 10.9 Å². The Labute approximate surface area is 128 Å². The lowest BCUT2D eigenvalue weighted by molar-refractivity contribution is -0.137. The molecule has 0 unspecified atom stereocenters. The van der Waals surface area contributed by atoms with Crippen LogP contribution in [0.4, 0.5) is 18.3 Å². The average Bonchev–Trinajstić information content (AvgIpc) is 3.05. The molecule has 2 aromatic rings. The Morgan fingerprint density at radius 2 is 2.09 bits per heavy atom. The molecule has 8 heteroatoms. The number of carbonyl (C=O) groups excluding carboxylic acids is 1. The van der Waals surface area contributed by atoms with E-state index in [0.29, 0.717) is 29.2 Å². The van der Waals surface area contributed by atoms with Crippen molar-refractivity contribution < 1.29 is 18.0 Å². The van der Waals surface area contributed by atoms with Crippen molar-refractivity contribution >= 4 is 22.4 Å². The normalized spacial score (nSPS) is 16.4. The van der Waals surface area contributed by atoms with E-state index in [1.165, 1.54) is 6.07 Å². The minimum Gasteiger partial charge on any atom is -0.317 e. The van der Waals surface area contributed by atoms with Crippen LogP contribution in [0.1, 0.15) is 18.4 Å². The summed E-state index contributed by atoms with van der Waals surface area (Å²) in [5.41, 5.74) is 4.94. The van der Waals surface area contributed by atoms with Crippen molar-refractivity contribution in [1.29, 1.82) is 0 Å². The Kier molecular flexibility index (Phi) is 3.45. The van der Waals surface area contributed by atoms with Gasteiger partial charge in [-0.25, -0.2) is 4.98 Å². The Hall–Kier alpha value is -1.93. The number of aromatic nitrogens is 1. The maximum atomic E-state index is 12.7. The highest BCUT2D eigenvalue weighted by molar-refractivity contribution is 7.14. The lowest BCUT2D eigenvalue weighted by atomic mass is 10.1. The zero-order valence-electron chi connectivity index (χ0n) is 11.3. The maximum absolute atomic E-state index is 12.7. The van der Waals surface area contributed by atoms with Gasteiger partial charge in [0.2, 0.25) is 5.91 Å². The van der Waals surface area contributed by atoms with Crippen molar-refractivity contribution in [2.75, 3.05) is 5.32 Å². The molecule has 3 N–H and O–H groups in total. The molecule has 3 rings (SSSR count). The fraction of sp³-hybridized carbons (Fsp3) is 0.286. The highest BCUT2D eigenvalue weighted by Gasteiger charge is 2.46. The third-order valence-electron chi connectivity index (χ3n) is 3.45. The number of carbonyl (C=O) groups is 1. The molecule has 116 valence electrons. The van der Waals surface area contributed by atoms with Crippen LogP contribution in [0.5, 0.6) is 0 Å². The summed E-state index contributed by atoms with van der Waals surface area (Å²) in [4.78, 5) is 16.0. The number of nitrogens with zero attached hydrogens (tertiary/aromatic N) is 1. The number of nitrogens with two attached hydrogens (primary N) is 1. The number of hydrogen-bond donors (Lipinski definition) is 2. The highest BCUT2D eigenvalue weighted by Crippen LogP contribution is 2.35. The molecule has 0 bridgehead atoms. The van der Waals surface area contributed by atoms with Gasteiger partial charge in [-0.05, 0) is 25.0 Å². The molecule has 1 aliphatic rings. The first-order chi connectivity index (χ1) is 10.3. The van der Waals surface area contributed by atoms with E-state index < -0.39 is 17.3 Å². The zero-order chi connectivity index (χ0) is 16.0. The Balaban J connectivity index is 1.80. The fourth-order valence-corrected chi connectivity index (χ4v) is 2.62. The molecular formula is C14H12F3N3OS. The fourth-order valence-electron chi connectivity index (χ4n) is 1.90. The van der Waals surface area contributed by atoms with Gasteiger partial charge in [-0.1, -0.05) is 12.1 Å². The summed E-state index contributed by atoms with van der Waals surface area (Å²) in [5.74, 6) is -0.308. The van der Waals surface area contributed by atoms with E-state index in [0.717, 1.165) is 23.5 Å². The van der Waals surface area contributed by atoms with Gasteiger partial charge in [0.25, 0.3) is 0 Å². The second-order valence-electron chi connectivity index (χ2n) is 5.23. The molecule has 1 aromatic carbocycles. The average molecular weight is 327 g/mol. The van der Waals surface area contributed by atoms with Crippen LogP contribution in [0.25, 0.3) is 11.3 Å². The van der Waals surface area contributed by atoms with Gasteiger partial charge in [0.05, 0.1) is 16.8 Å². The van der Waals surface area contributed by atoms with Crippen LogP contribution in [0.2, 0.25) is 0 Å². The summed E-state index contributed by atoms with van der Waals surface area (Å²) >= 11 is 1.15. The number of halogens is 3. The Bertz CT molecular complexity index is 722. The second-order valence-corrected chi connectivity index (χ2v) is 6.08. The third kappa shape index (κ3) is 2.97. The van der Waals surface area contributed by atoms with E-state index in [-0.39, 0.29) is 5.91 Å². The molecule has 0 saturated heterocycles. The van der Waals surface area contributed by atoms with Crippen LogP contribution in [-0.2, 0) is 11.0 Å². The first-order valence-corrected chi connectivity index (χ1v) is 7.39. The van der Waals surface area contributed by atoms with Gasteiger partial charge >= 0.3 is 6.18 Å². The summed E-state index contributed by atoms with van der Waals surface area (Å²) in [6.45, 7) is 0. The van der Waals surface area contributed by atoms with Crippen LogP contribution < -0.4 is 11.1 Å². The smallest absolute Gasteiger partial charge is 0.317 e. The van der Waals surface area contributed by atoms with Crippen molar-refractivity contribution in [3.8, 4) is 11.3 Å². The summed E-state index contributed by atoms with van der Waals surface area (Å²) in [6, 6.07) is 4.91. The second kappa shape index (κ2) is 5.06. The van der Waals surface area contributed by atoms with Crippen LogP contribution >= 0.6 is 11.3 Å². The van der Waals surface area contributed by atoms with Crippen LogP contribution in [-0.4, -0.2) is 16.4 Å². The molecule has 1 amide bonds. The van der Waals surface area contributed by atoms with Crippen LogP contribution in [0.15, 0.2) is 29.6 Å². The predicted octanol–water partition coefficient (Wildman–Crippen LogP) is 3.26. The molecule has 1 heterocycles. The molecule has 22 heavy (non-hydrogen) atoms. The largest absolute Gasteiger partial charge is 0.416 e. The van der Waals surface area contributed by atoms with E-state index >= 15 is 0 Å². The van der Waals surface area contributed by atoms with Gasteiger partial charge in [0.1, 0.15) is 0 Å². The number of thiazole rings is 1. The lowest BCUT2D eigenvalue weighted by Gasteiger charge is -2.08. The SMILES string of the molecule is NC1(C(=O)Nc2nc(-c3cccc(C(F)(F)F)c3)cs2)CC1. The number of hydrogen-bond acceptors (Lipinski definition) is 4. The van der Waals surface area contributed by atoms with Crippen LogP contribution in [0, 0.1) is 0 Å². The predicted molar refractivity (Wildman–Crippen MR) is 77.3 cm³/mol. The van der Waals surface area contributed by atoms with Crippen molar-refractivity contribution in [3.05, 3.63) is 35.2 Å². The van der Waals surface area contributed by atoms with E-state index in [1.807, 2.05) is 0 Å². The maximum Gasteiger partial charge on any atom is 0.416 e. The number of alkyl halides is 3. The molecule has 4 nitrogen and oxygen atoms in total. The zero-order valence-corrected chi connectivity index (χ0v) is 12.1. The van der Waals surface area contributed by atoms with E-state index in [2.05, 4.69) is 10.3 Å². The number of nitrogens with one attached hydrogen (secondary N) is 1. The molecule has 1 saturated carbocycles. The molecule has 0 radical (unpaired) electrons. The molecule has 0 atom stereocenters. The first kappa shape index (κ1) is 15.0. The third-order valence-corrected chi connectivity index (χ3v) is 4.21. The number of rotatable bonds is 3. The summed E-state index contributed by atoms with van der Waals surface area (Å²) < 4.78 is 38.1. The minimum atomic E-state index is -4.40. The van der Waals surface area contributed by atoms with Gasteiger partial charge in [-0.3, -0.25) is 4.79 Å². The standard InChI is InChI=1S/C14H12F3N3OS/c15-14(16,17)9-3-1-2-8(6-9)10-7-22-12(19-10)20-11(21)13(18)4-5-13/h1-3,6-7H,4-5,18H2,(H,19,20,21). The van der Waals surface area contributed by atoms with Crippen molar-refractivity contribution in [2.24, 2.45) is 5.73 Å². The van der Waals surface area contributed by atoms with Crippen LogP contribution in [0.3, 0.4) is 0 Å². The molecule has 1 aromatic heterocycles. The number of anilines is 1. The van der Waals surface area contributed by atoms with Gasteiger partial charge in [-0.15, -0.1) is 11.3 Å². The summed E-state index contributed by atoms with van der Waals surface area (Å²) in [7, 11) is 0.